The number of nitrogens with zero attached hydrogens (tertiary/aromatic N) is 3. The summed E-state index contributed by atoms with van der Waals surface area (Å²) in [7, 11) is 0. The van der Waals surface area contributed by atoms with Crippen molar-refractivity contribution < 1.29 is 14.2 Å². The standard InChI is InChI=1S/C20H20N4O3S/c1-2-25-7-8-28-20-17(10-22)18(16(9-21)19(23)24-20)13-3-5-14(6-4-13)27-15-11-26-12-15/h3-6,15H,2,7-8,11-12H2,1H3,(H2,23,24). The molecule has 3 rings (SSSR count). The molecule has 1 aromatic heterocycles. The SMILES string of the molecule is CCOCCSc1nc(N)c(C#N)c(-c2ccc(OC3COC3)cc2)c1C#N. The van der Waals surface area contributed by atoms with Gasteiger partial charge in [-0.25, -0.2) is 4.98 Å². The molecule has 0 bridgehead atoms. The first-order valence-electron chi connectivity index (χ1n) is 8.87. The number of anilines is 1. The van der Waals surface area contributed by atoms with Crippen LogP contribution in [-0.2, 0) is 9.47 Å². The Kier molecular flexibility index (Phi) is 6.72. The third-order valence-corrected chi connectivity index (χ3v) is 5.08. The van der Waals surface area contributed by atoms with E-state index >= 15 is 0 Å². The quantitative estimate of drug-likeness (QED) is 0.535. The van der Waals surface area contributed by atoms with Gasteiger partial charge in [0.15, 0.2) is 0 Å². The van der Waals surface area contributed by atoms with Crippen molar-refractivity contribution in [2.45, 2.75) is 18.1 Å². The van der Waals surface area contributed by atoms with Gasteiger partial charge in [0.25, 0.3) is 0 Å². The first-order chi connectivity index (χ1) is 13.7. The van der Waals surface area contributed by atoms with E-state index in [2.05, 4.69) is 17.1 Å². The van der Waals surface area contributed by atoms with Crippen molar-refractivity contribution >= 4 is 17.6 Å². The minimum Gasteiger partial charge on any atom is -0.486 e. The number of nitrogens with two attached hydrogens (primary N) is 1. The van der Waals surface area contributed by atoms with Crippen LogP contribution in [0.25, 0.3) is 11.1 Å². The van der Waals surface area contributed by atoms with Crippen LogP contribution in [-0.4, -0.2) is 43.3 Å². The van der Waals surface area contributed by atoms with Crippen LogP contribution in [0.1, 0.15) is 18.1 Å². The van der Waals surface area contributed by atoms with E-state index in [1.165, 1.54) is 11.8 Å². The van der Waals surface area contributed by atoms with Crippen LogP contribution in [0.15, 0.2) is 29.3 Å². The zero-order valence-electron chi connectivity index (χ0n) is 15.5. The van der Waals surface area contributed by atoms with Crippen molar-refractivity contribution in [2.24, 2.45) is 0 Å². The third-order valence-electron chi connectivity index (χ3n) is 4.14. The molecule has 0 atom stereocenters. The molecule has 1 fully saturated rings. The lowest BCUT2D eigenvalue weighted by molar-refractivity contribution is -0.0796. The van der Waals surface area contributed by atoms with Gasteiger partial charge in [-0.1, -0.05) is 12.1 Å². The largest absolute Gasteiger partial charge is 0.486 e. The summed E-state index contributed by atoms with van der Waals surface area (Å²) in [5, 5.41) is 19.9. The normalized spacial score (nSPS) is 13.4. The van der Waals surface area contributed by atoms with Gasteiger partial charge >= 0.3 is 0 Å². The molecule has 8 heteroatoms. The maximum atomic E-state index is 9.76. The van der Waals surface area contributed by atoms with Crippen LogP contribution in [0.5, 0.6) is 5.75 Å². The monoisotopic (exact) mass is 396 g/mol. The van der Waals surface area contributed by atoms with Gasteiger partial charge in [-0.2, -0.15) is 10.5 Å². The van der Waals surface area contributed by atoms with E-state index < -0.39 is 0 Å². The highest BCUT2D eigenvalue weighted by atomic mass is 32.2. The Bertz CT molecular complexity index is 915. The zero-order valence-corrected chi connectivity index (χ0v) is 16.3. The fraction of sp³-hybridized carbons (Fsp3) is 0.350. The highest BCUT2D eigenvalue weighted by Crippen LogP contribution is 2.36. The van der Waals surface area contributed by atoms with Crippen LogP contribution in [0.3, 0.4) is 0 Å². The Morgan fingerprint density at radius 2 is 1.93 bits per heavy atom. The molecule has 2 N–H and O–H groups in total. The van der Waals surface area contributed by atoms with Crippen molar-refractivity contribution in [3.8, 4) is 29.0 Å². The van der Waals surface area contributed by atoms with E-state index in [1.54, 1.807) is 0 Å². The summed E-state index contributed by atoms with van der Waals surface area (Å²) in [6.45, 7) is 4.26. The topological polar surface area (TPSA) is 114 Å². The summed E-state index contributed by atoms with van der Waals surface area (Å²) >= 11 is 1.39. The van der Waals surface area contributed by atoms with E-state index in [1.807, 2.05) is 31.2 Å². The molecule has 0 spiro atoms. The second-order valence-electron chi connectivity index (χ2n) is 6.00. The minimum atomic E-state index is 0.0695. The Labute approximate surface area is 168 Å². The molecule has 1 aliphatic rings. The van der Waals surface area contributed by atoms with Crippen LogP contribution in [0.2, 0.25) is 0 Å². The lowest BCUT2D eigenvalue weighted by atomic mass is 9.97. The van der Waals surface area contributed by atoms with Gasteiger partial charge in [-0.05, 0) is 24.6 Å². The predicted octanol–water partition coefficient (Wildman–Crippen LogP) is 2.98. The molecule has 2 heterocycles. The predicted molar refractivity (Wildman–Crippen MR) is 106 cm³/mol. The minimum absolute atomic E-state index is 0.0695. The van der Waals surface area contributed by atoms with Crippen LogP contribution >= 0.6 is 11.8 Å². The number of hydrogen-bond acceptors (Lipinski definition) is 8. The maximum Gasteiger partial charge on any atom is 0.145 e. The second kappa shape index (κ2) is 9.43. The molecule has 1 saturated heterocycles. The molecule has 0 saturated carbocycles. The number of nitriles is 2. The summed E-state index contributed by atoms with van der Waals surface area (Å²) in [5.41, 5.74) is 7.77. The number of aromatic nitrogens is 1. The number of nitrogen functional groups attached to an aromatic ring is 1. The summed E-state index contributed by atoms with van der Waals surface area (Å²) in [4.78, 5) is 4.28. The number of rotatable bonds is 8. The van der Waals surface area contributed by atoms with Crippen molar-refractivity contribution in [3.63, 3.8) is 0 Å². The maximum absolute atomic E-state index is 9.76. The molecular formula is C20H20N4O3S. The molecular weight excluding hydrogens is 376 g/mol. The first kappa shape index (κ1) is 20.0. The summed E-state index contributed by atoms with van der Waals surface area (Å²) in [6, 6.07) is 11.5. The van der Waals surface area contributed by atoms with Crippen molar-refractivity contribution in [1.29, 1.82) is 10.5 Å². The van der Waals surface area contributed by atoms with Gasteiger partial charge in [-0.3, -0.25) is 0 Å². The number of thioether (sulfide) groups is 1. The molecule has 144 valence electrons. The van der Waals surface area contributed by atoms with Gasteiger partial charge in [0, 0.05) is 17.9 Å². The summed E-state index contributed by atoms with van der Waals surface area (Å²) in [6.07, 6.45) is 0.0695. The summed E-state index contributed by atoms with van der Waals surface area (Å²) < 4.78 is 16.2. The lowest BCUT2D eigenvalue weighted by Gasteiger charge is -2.26. The molecule has 2 aromatic rings. The Balaban J connectivity index is 1.94. The Morgan fingerprint density at radius 1 is 1.21 bits per heavy atom. The van der Waals surface area contributed by atoms with Gasteiger partial charge in [0.05, 0.1) is 25.4 Å². The van der Waals surface area contributed by atoms with E-state index in [4.69, 9.17) is 19.9 Å². The molecule has 28 heavy (non-hydrogen) atoms. The lowest BCUT2D eigenvalue weighted by Crippen LogP contribution is -2.38. The van der Waals surface area contributed by atoms with Crippen molar-refractivity contribution in [3.05, 3.63) is 35.4 Å². The summed E-state index contributed by atoms with van der Waals surface area (Å²) in [5.74, 6) is 1.46. The third kappa shape index (κ3) is 4.37. The second-order valence-corrected chi connectivity index (χ2v) is 7.08. The number of hydrogen-bond donors (Lipinski definition) is 1. The molecule has 1 aliphatic heterocycles. The average Bonchev–Trinajstić information content (AvgIpc) is 2.68. The molecule has 0 amide bonds. The fourth-order valence-corrected chi connectivity index (χ4v) is 3.56. The number of pyridine rings is 1. The fourth-order valence-electron chi connectivity index (χ4n) is 2.71. The Morgan fingerprint density at radius 3 is 2.50 bits per heavy atom. The first-order valence-corrected chi connectivity index (χ1v) is 9.85. The van der Waals surface area contributed by atoms with Gasteiger partial charge < -0.3 is 19.9 Å². The van der Waals surface area contributed by atoms with E-state index in [0.717, 1.165) is 0 Å². The van der Waals surface area contributed by atoms with Crippen LogP contribution in [0, 0.1) is 22.7 Å². The molecule has 1 aromatic carbocycles. The van der Waals surface area contributed by atoms with Crippen LogP contribution in [0.4, 0.5) is 5.82 Å². The molecule has 0 unspecified atom stereocenters. The highest BCUT2D eigenvalue weighted by Gasteiger charge is 2.22. The molecule has 7 nitrogen and oxygen atoms in total. The van der Waals surface area contributed by atoms with Gasteiger partial charge in [0.2, 0.25) is 0 Å². The van der Waals surface area contributed by atoms with E-state index in [9.17, 15) is 10.5 Å². The van der Waals surface area contributed by atoms with E-state index in [-0.39, 0.29) is 17.5 Å². The van der Waals surface area contributed by atoms with Crippen LogP contribution < -0.4 is 10.5 Å². The average molecular weight is 396 g/mol. The van der Waals surface area contributed by atoms with Gasteiger partial charge in [0.1, 0.15) is 40.4 Å². The number of ether oxygens (including phenoxy) is 3. The van der Waals surface area contributed by atoms with Crippen molar-refractivity contribution in [2.75, 3.05) is 37.9 Å². The smallest absolute Gasteiger partial charge is 0.145 e. The molecule has 0 aliphatic carbocycles. The Hall–Kier alpha value is -2.78. The van der Waals surface area contributed by atoms with E-state index in [0.29, 0.717) is 59.6 Å². The highest BCUT2D eigenvalue weighted by molar-refractivity contribution is 7.99. The number of benzene rings is 1. The van der Waals surface area contributed by atoms with Gasteiger partial charge in [-0.15, -0.1) is 11.8 Å². The van der Waals surface area contributed by atoms with Crippen molar-refractivity contribution in [1.82, 2.24) is 4.98 Å². The molecule has 0 radical (unpaired) electrons. The zero-order chi connectivity index (χ0) is 19.9.